The monoisotopic (exact) mass is 375 g/mol. The largest absolute Gasteiger partial charge is 0.383 e. The van der Waals surface area contributed by atoms with E-state index in [1.165, 1.54) is 0 Å². The Morgan fingerprint density at radius 3 is 2.78 bits per heavy atom. The third-order valence-electron chi connectivity index (χ3n) is 5.49. The van der Waals surface area contributed by atoms with Gasteiger partial charge < -0.3 is 15.0 Å². The minimum atomic E-state index is -0.0457. The number of nitrogens with zero attached hydrogens (tertiary/aromatic N) is 4. The average molecular weight is 375 g/mol. The molecule has 3 rings (SSSR count). The fourth-order valence-electron chi connectivity index (χ4n) is 3.98. The smallest absolute Gasteiger partial charge is 0.274 e. The minimum Gasteiger partial charge on any atom is -0.383 e. The van der Waals surface area contributed by atoms with E-state index in [9.17, 15) is 9.59 Å². The van der Waals surface area contributed by atoms with Gasteiger partial charge in [-0.25, -0.2) is 0 Å². The second kappa shape index (κ2) is 9.75. The van der Waals surface area contributed by atoms with E-state index in [0.29, 0.717) is 24.9 Å². The third-order valence-corrected chi connectivity index (χ3v) is 5.49. The Balaban J connectivity index is 1.47. The number of hydrogen-bond acceptors (Lipinski definition) is 6. The van der Waals surface area contributed by atoms with Crippen molar-refractivity contribution < 1.29 is 14.3 Å². The van der Waals surface area contributed by atoms with E-state index < -0.39 is 0 Å². The van der Waals surface area contributed by atoms with Crippen molar-refractivity contribution in [2.75, 3.05) is 46.4 Å². The summed E-state index contributed by atoms with van der Waals surface area (Å²) in [5.41, 5.74) is 0.404. The zero-order chi connectivity index (χ0) is 19.1. The predicted octanol–water partition coefficient (Wildman–Crippen LogP) is 0.556. The van der Waals surface area contributed by atoms with Crippen molar-refractivity contribution in [2.45, 2.75) is 31.7 Å². The molecule has 1 aromatic rings. The number of piperidine rings is 2. The molecule has 2 saturated heterocycles. The van der Waals surface area contributed by atoms with Gasteiger partial charge in [-0.15, -0.1) is 5.10 Å². The van der Waals surface area contributed by atoms with E-state index in [2.05, 4.69) is 20.4 Å². The Hall–Kier alpha value is -2.06. The van der Waals surface area contributed by atoms with Crippen LogP contribution in [0.25, 0.3) is 0 Å². The van der Waals surface area contributed by atoms with Crippen molar-refractivity contribution in [3.8, 4) is 0 Å². The molecule has 2 amide bonds. The number of carbonyl (C=O) groups is 2. The van der Waals surface area contributed by atoms with Crippen LogP contribution in [0.2, 0.25) is 0 Å². The first-order chi connectivity index (χ1) is 13.2. The van der Waals surface area contributed by atoms with Crippen LogP contribution in [0, 0.1) is 5.92 Å². The van der Waals surface area contributed by atoms with Gasteiger partial charge in [-0.2, -0.15) is 5.10 Å². The van der Waals surface area contributed by atoms with Crippen LogP contribution in [0.4, 0.5) is 0 Å². The first-order valence-corrected chi connectivity index (χ1v) is 9.76. The molecule has 8 heteroatoms. The summed E-state index contributed by atoms with van der Waals surface area (Å²) in [6.45, 7) is 4.39. The number of ether oxygens (including phenoxy) is 1. The van der Waals surface area contributed by atoms with Gasteiger partial charge >= 0.3 is 0 Å². The Morgan fingerprint density at radius 2 is 2.07 bits per heavy atom. The molecule has 0 saturated carbocycles. The quantitative estimate of drug-likeness (QED) is 0.731. The van der Waals surface area contributed by atoms with Crippen molar-refractivity contribution in [1.29, 1.82) is 0 Å². The molecule has 8 nitrogen and oxygen atoms in total. The van der Waals surface area contributed by atoms with Crippen LogP contribution in [0.15, 0.2) is 18.3 Å². The molecule has 3 heterocycles. The second-order valence-electron chi connectivity index (χ2n) is 7.25. The van der Waals surface area contributed by atoms with Crippen LogP contribution in [0.3, 0.4) is 0 Å². The lowest BCUT2D eigenvalue weighted by molar-refractivity contribution is -0.127. The van der Waals surface area contributed by atoms with Crippen molar-refractivity contribution in [1.82, 2.24) is 25.3 Å². The van der Waals surface area contributed by atoms with Gasteiger partial charge in [0.2, 0.25) is 5.91 Å². The van der Waals surface area contributed by atoms with E-state index >= 15 is 0 Å². The summed E-state index contributed by atoms with van der Waals surface area (Å²) in [5, 5.41) is 10.7. The van der Waals surface area contributed by atoms with E-state index in [0.717, 1.165) is 51.9 Å². The molecule has 0 spiro atoms. The molecule has 2 aliphatic heterocycles. The minimum absolute atomic E-state index is 0.0457. The maximum absolute atomic E-state index is 12.5. The average Bonchev–Trinajstić information content (AvgIpc) is 2.74. The number of aromatic nitrogens is 2. The van der Waals surface area contributed by atoms with E-state index in [4.69, 9.17) is 4.74 Å². The van der Waals surface area contributed by atoms with Gasteiger partial charge in [0.25, 0.3) is 5.91 Å². The highest BCUT2D eigenvalue weighted by Crippen LogP contribution is 2.24. The van der Waals surface area contributed by atoms with Crippen LogP contribution in [0.5, 0.6) is 0 Å². The molecule has 0 unspecified atom stereocenters. The van der Waals surface area contributed by atoms with Gasteiger partial charge in [0.15, 0.2) is 5.69 Å². The third kappa shape index (κ3) is 5.23. The maximum atomic E-state index is 12.5. The summed E-state index contributed by atoms with van der Waals surface area (Å²) in [5.74, 6) is 0.137. The molecule has 0 bridgehead atoms. The number of nitrogens with one attached hydrogen (secondary N) is 1. The van der Waals surface area contributed by atoms with Crippen LogP contribution < -0.4 is 5.32 Å². The van der Waals surface area contributed by atoms with Crippen LogP contribution in [-0.4, -0.2) is 84.3 Å². The maximum Gasteiger partial charge on any atom is 0.274 e. The fourth-order valence-corrected chi connectivity index (χ4v) is 3.98. The molecule has 0 radical (unpaired) electrons. The summed E-state index contributed by atoms with van der Waals surface area (Å²) in [6.07, 6.45) is 5.43. The summed E-state index contributed by atoms with van der Waals surface area (Å²) in [4.78, 5) is 29.1. The van der Waals surface area contributed by atoms with Crippen LogP contribution in [-0.2, 0) is 9.53 Å². The van der Waals surface area contributed by atoms with Gasteiger partial charge in [0, 0.05) is 45.5 Å². The SMILES string of the molecule is COCCNC(=O)[C@H]1CCCN(C2CCN(C(=O)c3cccnn3)CC2)C1. The van der Waals surface area contributed by atoms with E-state index in [1.54, 1.807) is 25.4 Å². The van der Waals surface area contributed by atoms with Gasteiger partial charge in [-0.05, 0) is 44.4 Å². The molecule has 148 valence electrons. The van der Waals surface area contributed by atoms with Gasteiger partial charge in [-0.1, -0.05) is 0 Å². The van der Waals surface area contributed by atoms with Crippen LogP contribution in [0.1, 0.15) is 36.2 Å². The molecular weight excluding hydrogens is 346 g/mol. The molecule has 0 aliphatic carbocycles. The van der Waals surface area contributed by atoms with Gasteiger partial charge in [-0.3, -0.25) is 14.5 Å². The van der Waals surface area contributed by atoms with Crippen molar-refractivity contribution in [2.24, 2.45) is 5.92 Å². The van der Waals surface area contributed by atoms with Crippen molar-refractivity contribution in [3.63, 3.8) is 0 Å². The van der Waals surface area contributed by atoms with Gasteiger partial charge in [0.05, 0.1) is 12.5 Å². The summed E-state index contributed by atoms with van der Waals surface area (Å²) in [6, 6.07) is 3.88. The Labute approximate surface area is 160 Å². The summed E-state index contributed by atoms with van der Waals surface area (Å²) < 4.78 is 4.99. The van der Waals surface area contributed by atoms with E-state index in [1.807, 2.05) is 4.90 Å². The number of likely N-dealkylation sites (tertiary alicyclic amines) is 2. The standard InChI is InChI=1S/C19H29N5O3/c1-27-13-9-20-18(25)15-4-3-10-24(14-15)16-6-11-23(12-7-16)19(26)17-5-2-8-21-22-17/h2,5,8,15-16H,3-4,6-7,9-14H2,1H3,(H,20,25)/t15-/m0/s1. The Morgan fingerprint density at radius 1 is 1.26 bits per heavy atom. The fraction of sp³-hybridized carbons (Fsp3) is 0.684. The number of amides is 2. The number of methoxy groups -OCH3 is 1. The topological polar surface area (TPSA) is 87.7 Å². The lowest BCUT2D eigenvalue weighted by Gasteiger charge is -2.42. The lowest BCUT2D eigenvalue weighted by atomic mass is 9.93. The van der Waals surface area contributed by atoms with Crippen molar-refractivity contribution >= 4 is 11.8 Å². The molecule has 1 N–H and O–H groups in total. The molecule has 2 aliphatic rings. The lowest BCUT2D eigenvalue weighted by Crippen LogP contribution is -2.51. The highest BCUT2D eigenvalue weighted by atomic mass is 16.5. The molecule has 0 aromatic carbocycles. The number of rotatable bonds is 6. The second-order valence-corrected chi connectivity index (χ2v) is 7.25. The highest BCUT2D eigenvalue weighted by molar-refractivity contribution is 5.92. The zero-order valence-corrected chi connectivity index (χ0v) is 16.0. The molecular formula is C19H29N5O3. The zero-order valence-electron chi connectivity index (χ0n) is 16.0. The summed E-state index contributed by atoms with van der Waals surface area (Å²) in [7, 11) is 1.63. The first-order valence-electron chi connectivity index (χ1n) is 9.76. The Bertz CT molecular complexity index is 619. The van der Waals surface area contributed by atoms with Crippen molar-refractivity contribution in [3.05, 3.63) is 24.0 Å². The number of carbonyl (C=O) groups excluding carboxylic acids is 2. The van der Waals surface area contributed by atoms with E-state index in [-0.39, 0.29) is 17.7 Å². The molecule has 27 heavy (non-hydrogen) atoms. The van der Waals surface area contributed by atoms with Crippen LogP contribution >= 0.6 is 0 Å². The normalized spacial score (nSPS) is 21.8. The molecule has 1 atom stereocenters. The molecule has 1 aromatic heterocycles. The Kier molecular flexibility index (Phi) is 7.11. The molecule has 2 fully saturated rings. The summed E-state index contributed by atoms with van der Waals surface area (Å²) >= 11 is 0. The number of hydrogen-bond donors (Lipinski definition) is 1. The van der Waals surface area contributed by atoms with Gasteiger partial charge in [0.1, 0.15) is 0 Å². The first kappa shape index (κ1) is 19.7. The predicted molar refractivity (Wildman–Crippen MR) is 100 cm³/mol. The highest BCUT2D eigenvalue weighted by Gasteiger charge is 2.32.